The molecule has 0 saturated heterocycles. The van der Waals surface area contributed by atoms with E-state index in [2.05, 4.69) is 6.92 Å². The summed E-state index contributed by atoms with van der Waals surface area (Å²) in [4.78, 5) is 0. The highest BCUT2D eigenvalue weighted by molar-refractivity contribution is 6.56. The van der Waals surface area contributed by atoms with Gasteiger partial charge in [-0.25, -0.2) is 0 Å². The lowest BCUT2D eigenvalue weighted by Crippen LogP contribution is -2.43. The number of nitrogens with two attached hydrogens (primary N) is 1. The van der Waals surface area contributed by atoms with Crippen molar-refractivity contribution >= 4 is 8.96 Å². The Morgan fingerprint density at radius 2 is 1.64 bits per heavy atom. The van der Waals surface area contributed by atoms with Gasteiger partial charge in [0.15, 0.2) is 14.9 Å². The summed E-state index contributed by atoms with van der Waals surface area (Å²) in [6.45, 7) is 7.33. The van der Waals surface area contributed by atoms with Crippen molar-refractivity contribution in [2.75, 3.05) is 13.2 Å². The van der Waals surface area contributed by atoms with Crippen molar-refractivity contribution in [2.45, 2.75) is 32.7 Å². The van der Waals surface area contributed by atoms with Gasteiger partial charge in [-0.15, -0.1) is 0 Å². The van der Waals surface area contributed by atoms with Gasteiger partial charge in [-0.2, -0.15) is 0 Å². The Hall–Kier alpha value is 0.0969. The Labute approximate surface area is 70.6 Å². The normalized spacial score (nSPS) is 11.5. The number of rotatable bonds is 6. The van der Waals surface area contributed by atoms with Gasteiger partial charge in [0, 0.05) is 13.2 Å². The van der Waals surface area contributed by atoms with Crippen molar-refractivity contribution in [3.8, 4) is 0 Å². The zero-order valence-electron chi connectivity index (χ0n) is 7.59. The summed E-state index contributed by atoms with van der Waals surface area (Å²) >= 11 is 0. The maximum absolute atomic E-state index is 5.84. The molecule has 0 atom stereocenters. The molecule has 0 aliphatic carbocycles. The Morgan fingerprint density at radius 1 is 1.18 bits per heavy atom. The van der Waals surface area contributed by atoms with Gasteiger partial charge in [0.1, 0.15) is 0 Å². The van der Waals surface area contributed by atoms with Gasteiger partial charge in [0.25, 0.3) is 0 Å². The molecule has 0 aromatic rings. The Balaban J connectivity index is 3.66. The van der Waals surface area contributed by atoms with Crippen molar-refractivity contribution in [1.29, 1.82) is 0 Å². The summed E-state index contributed by atoms with van der Waals surface area (Å²) < 4.78 is 10.7. The van der Waals surface area contributed by atoms with Gasteiger partial charge in [-0.3, -0.25) is 0 Å². The van der Waals surface area contributed by atoms with E-state index in [-0.39, 0.29) is 5.91 Å². The SMILES string of the molecule is CCOC(OCC)[Si](N)CC. The highest BCUT2D eigenvalue weighted by atomic mass is 28.3. The van der Waals surface area contributed by atoms with Gasteiger partial charge in [-0.1, -0.05) is 6.92 Å². The average Bonchev–Trinajstić information content (AvgIpc) is 2.03. The molecule has 0 aromatic carbocycles. The van der Waals surface area contributed by atoms with E-state index < -0.39 is 8.96 Å². The van der Waals surface area contributed by atoms with Crippen LogP contribution in [0.4, 0.5) is 0 Å². The third-order valence-corrected chi connectivity index (χ3v) is 3.10. The molecule has 11 heavy (non-hydrogen) atoms. The van der Waals surface area contributed by atoms with E-state index in [0.717, 1.165) is 6.04 Å². The molecule has 0 bridgehead atoms. The molecule has 0 aliphatic heterocycles. The summed E-state index contributed by atoms with van der Waals surface area (Å²) in [5.74, 6) is -0.125. The minimum Gasteiger partial charge on any atom is -0.355 e. The molecular formula is C7H18NO2Si. The van der Waals surface area contributed by atoms with Crippen molar-refractivity contribution in [3.05, 3.63) is 0 Å². The predicted octanol–water partition coefficient (Wildman–Crippen LogP) is 0.895. The first-order chi connectivity index (χ1) is 5.26. The van der Waals surface area contributed by atoms with E-state index in [4.69, 9.17) is 14.9 Å². The van der Waals surface area contributed by atoms with Gasteiger partial charge in [0.2, 0.25) is 0 Å². The second kappa shape index (κ2) is 6.79. The van der Waals surface area contributed by atoms with Crippen molar-refractivity contribution in [3.63, 3.8) is 0 Å². The molecule has 0 fully saturated rings. The molecule has 3 nitrogen and oxygen atoms in total. The zero-order valence-corrected chi connectivity index (χ0v) is 8.59. The maximum Gasteiger partial charge on any atom is 0.200 e. The van der Waals surface area contributed by atoms with Gasteiger partial charge < -0.3 is 14.9 Å². The third-order valence-electron chi connectivity index (χ3n) is 1.35. The lowest BCUT2D eigenvalue weighted by Gasteiger charge is -2.20. The van der Waals surface area contributed by atoms with Crippen LogP contribution in [0.1, 0.15) is 20.8 Å². The van der Waals surface area contributed by atoms with Crippen molar-refractivity contribution < 1.29 is 9.47 Å². The van der Waals surface area contributed by atoms with E-state index in [0.29, 0.717) is 13.2 Å². The fourth-order valence-corrected chi connectivity index (χ4v) is 1.83. The summed E-state index contributed by atoms with van der Waals surface area (Å²) in [6, 6.07) is 0.981. The van der Waals surface area contributed by atoms with Gasteiger partial charge >= 0.3 is 0 Å². The third kappa shape index (κ3) is 4.52. The average molecular weight is 176 g/mol. The Bertz CT molecular complexity index is 86.5. The molecular weight excluding hydrogens is 158 g/mol. The van der Waals surface area contributed by atoms with E-state index in [9.17, 15) is 0 Å². The molecule has 2 N–H and O–H groups in total. The molecule has 1 radical (unpaired) electrons. The van der Waals surface area contributed by atoms with Crippen LogP contribution in [-0.2, 0) is 9.47 Å². The first kappa shape index (κ1) is 11.1. The summed E-state index contributed by atoms with van der Waals surface area (Å²) in [7, 11) is -0.937. The number of ether oxygens (including phenoxy) is 2. The molecule has 67 valence electrons. The van der Waals surface area contributed by atoms with E-state index in [1.807, 2.05) is 13.8 Å². The topological polar surface area (TPSA) is 44.5 Å². The van der Waals surface area contributed by atoms with E-state index >= 15 is 0 Å². The highest BCUT2D eigenvalue weighted by Crippen LogP contribution is 1.99. The number of hydrogen-bond acceptors (Lipinski definition) is 3. The van der Waals surface area contributed by atoms with Crippen LogP contribution in [-0.4, -0.2) is 28.1 Å². The van der Waals surface area contributed by atoms with Crippen LogP contribution in [0.15, 0.2) is 0 Å². The monoisotopic (exact) mass is 176 g/mol. The fraction of sp³-hybridized carbons (Fsp3) is 1.00. The van der Waals surface area contributed by atoms with Crippen LogP contribution in [0.5, 0.6) is 0 Å². The Morgan fingerprint density at radius 3 is 1.91 bits per heavy atom. The molecule has 0 amide bonds. The van der Waals surface area contributed by atoms with Crippen LogP contribution < -0.4 is 5.40 Å². The molecule has 0 saturated carbocycles. The zero-order chi connectivity index (χ0) is 8.69. The van der Waals surface area contributed by atoms with E-state index in [1.54, 1.807) is 0 Å². The van der Waals surface area contributed by atoms with Crippen LogP contribution in [0.2, 0.25) is 6.04 Å². The van der Waals surface area contributed by atoms with Gasteiger partial charge in [0.05, 0.1) is 0 Å². The van der Waals surface area contributed by atoms with Crippen LogP contribution in [0.3, 0.4) is 0 Å². The standard InChI is InChI=1S/C7H18NO2Si/c1-4-9-7(10-5-2)11(8)6-3/h7H,4-6,8H2,1-3H3. The molecule has 0 aromatic heterocycles. The van der Waals surface area contributed by atoms with Crippen LogP contribution in [0, 0.1) is 0 Å². The second-order valence-electron chi connectivity index (χ2n) is 2.17. The van der Waals surface area contributed by atoms with Crippen LogP contribution >= 0.6 is 0 Å². The summed E-state index contributed by atoms with van der Waals surface area (Å²) in [6.07, 6.45) is 0. The predicted molar refractivity (Wildman–Crippen MR) is 47.5 cm³/mol. The van der Waals surface area contributed by atoms with Gasteiger partial charge in [-0.05, 0) is 19.9 Å². The minimum atomic E-state index is -0.937. The summed E-state index contributed by atoms with van der Waals surface area (Å²) in [5, 5.41) is 5.84. The maximum atomic E-state index is 5.84. The molecule has 0 spiro atoms. The van der Waals surface area contributed by atoms with E-state index in [1.165, 1.54) is 0 Å². The molecule has 0 aliphatic rings. The Kier molecular flexibility index (Phi) is 6.85. The fourth-order valence-electron chi connectivity index (χ4n) is 0.732. The quantitative estimate of drug-likeness (QED) is 0.483. The first-order valence-electron chi connectivity index (χ1n) is 4.10. The number of hydrogen-bond donors (Lipinski definition) is 1. The second-order valence-corrected chi connectivity index (χ2v) is 4.50. The minimum absolute atomic E-state index is 0.125. The molecule has 0 unspecified atom stereocenters. The summed E-state index contributed by atoms with van der Waals surface area (Å²) in [5.41, 5.74) is 0. The van der Waals surface area contributed by atoms with Crippen LogP contribution in [0.25, 0.3) is 0 Å². The lowest BCUT2D eigenvalue weighted by atomic mass is 10.8. The molecule has 4 heteroatoms. The molecule has 0 heterocycles. The highest BCUT2D eigenvalue weighted by Gasteiger charge is 2.18. The van der Waals surface area contributed by atoms with Crippen molar-refractivity contribution in [1.82, 2.24) is 0 Å². The first-order valence-corrected chi connectivity index (χ1v) is 5.96. The molecule has 0 rings (SSSR count). The van der Waals surface area contributed by atoms with Crippen molar-refractivity contribution in [2.24, 2.45) is 5.40 Å². The largest absolute Gasteiger partial charge is 0.355 e. The lowest BCUT2D eigenvalue weighted by molar-refractivity contribution is -0.0857. The smallest absolute Gasteiger partial charge is 0.200 e.